The van der Waals surface area contributed by atoms with E-state index in [9.17, 15) is 10.1 Å². The monoisotopic (exact) mass is 349 g/mol. The van der Waals surface area contributed by atoms with Gasteiger partial charge in [-0.05, 0) is 36.2 Å². The number of hydrogen-bond donors (Lipinski definition) is 1. The Kier molecular flexibility index (Phi) is 5.67. The van der Waals surface area contributed by atoms with Crippen LogP contribution in [0.3, 0.4) is 0 Å². The third-order valence-corrected chi connectivity index (χ3v) is 4.70. The van der Waals surface area contributed by atoms with Gasteiger partial charge in [-0.15, -0.1) is 0 Å². The van der Waals surface area contributed by atoms with Crippen molar-refractivity contribution in [1.29, 1.82) is 5.26 Å². The average Bonchev–Trinajstić information content (AvgIpc) is 2.71. The first-order chi connectivity index (χ1) is 12.7. The van der Waals surface area contributed by atoms with Crippen LogP contribution in [0.1, 0.15) is 46.9 Å². The van der Waals surface area contributed by atoms with Gasteiger partial charge in [-0.25, -0.2) is 0 Å². The quantitative estimate of drug-likeness (QED) is 0.898. The molecule has 2 aromatic carbocycles. The van der Waals surface area contributed by atoms with Crippen molar-refractivity contribution >= 4 is 5.91 Å². The molecule has 134 valence electrons. The lowest BCUT2D eigenvalue weighted by Crippen LogP contribution is -2.53. The lowest BCUT2D eigenvalue weighted by molar-refractivity contribution is -0.0606. The smallest absolute Gasteiger partial charge is 0.257 e. The highest BCUT2D eigenvalue weighted by Gasteiger charge is 2.43. The lowest BCUT2D eigenvalue weighted by atomic mass is 9.88. The number of methoxy groups -OCH3 is 1. The molecule has 0 saturated carbocycles. The molecule has 0 bridgehead atoms. The van der Waals surface area contributed by atoms with E-state index in [-0.39, 0.29) is 11.9 Å². The van der Waals surface area contributed by atoms with E-state index in [1.165, 1.54) is 0 Å². The number of nitrogens with one attached hydrogen (secondary N) is 1. The van der Waals surface area contributed by atoms with Crippen LogP contribution in [0, 0.1) is 11.3 Å². The Labute approximate surface area is 154 Å². The molecule has 5 nitrogen and oxygen atoms in total. The number of hydrogen-bond acceptors (Lipinski definition) is 4. The number of ether oxygens (including phenoxy) is 1. The van der Waals surface area contributed by atoms with Crippen LogP contribution in [0.2, 0.25) is 0 Å². The van der Waals surface area contributed by atoms with Crippen molar-refractivity contribution < 1.29 is 9.53 Å². The van der Waals surface area contributed by atoms with Crippen LogP contribution < -0.4 is 5.32 Å². The van der Waals surface area contributed by atoms with Crippen LogP contribution in [0.15, 0.2) is 54.6 Å². The van der Waals surface area contributed by atoms with Crippen molar-refractivity contribution in [2.24, 2.45) is 0 Å². The Morgan fingerprint density at radius 1 is 1.15 bits per heavy atom. The number of rotatable bonds is 5. The highest BCUT2D eigenvalue weighted by molar-refractivity contribution is 5.95. The second-order valence-electron chi connectivity index (χ2n) is 6.30. The van der Waals surface area contributed by atoms with Crippen molar-refractivity contribution in [3.63, 3.8) is 0 Å². The molecule has 1 aliphatic heterocycles. The van der Waals surface area contributed by atoms with Gasteiger partial charge in [0.15, 0.2) is 6.23 Å². The van der Waals surface area contributed by atoms with Crippen molar-refractivity contribution in [2.75, 3.05) is 13.7 Å². The molecule has 0 saturated heterocycles. The maximum Gasteiger partial charge on any atom is 0.257 e. The zero-order valence-electron chi connectivity index (χ0n) is 15.1. The minimum atomic E-state index is -0.691. The van der Waals surface area contributed by atoms with E-state index in [2.05, 4.69) is 18.3 Å². The van der Waals surface area contributed by atoms with Crippen molar-refractivity contribution in [3.05, 3.63) is 71.3 Å². The van der Waals surface area contributed by atoms with Crippen LogP contribution >= 0.6 is 0 Å². The minimum absolute atomic E-state index is 0.187. The fourth-order valence-corrected chi connectivity index (χ4v) is 3.51. The van der Waals surface area contributed by atoms with E-state index in [1.54, 1.807) is 24.1 Å². The first-order valence-corrected chi connectivity index (χ1v) is 8.85. The largest absolute Gasteiger partial charge is 0.359 e. The minimum Gasteiger partial charge on any atom is -0.359 e. The molecule has 5 heteroatoms. The summed E-state index contributed by atoms with van der Waals surface area (Å²) >= 11 is 0. The molecule has 0 fully saturated rings. The fraction of sp³-hybridized carbons (Fsp3) is 0.333. The van der Waals surface area contributed by atoms with E-state index in [0.29, 0.717) is 5.56 Å². The van der Waals surface area contributed by atoms with E-state index in [4.69, 9.17) is 4.74 Å². The molecular weight excluding hydrogens is 326 g/mol. The van der Waals surface area contributed by atoms with Gasteiger partial charge in [0.25, 0.3) is 5.91 Å². The van der Waals surface area contributed by atoms with Gasteiger partial charge in [-0.3, -0.25) is 9.69 Å². The molecule has 1 N–H and O–H groups in total. The predicted octanol–water partition coefficient (Wildman–Crippen LogP) is 3.42. The zero-order valence-corrected chi connectivity index (χ0v) is 15.1. The van der Waals surface area contributed by atoms with Crippen molar-refractivity contribution in [3.8, 4) is 6.07 Å². The third kappa shape index (κ3) is 3.22. The number of nitrogens with zero attached hydrogens (tertiary/aromatic N) is 2. The normalized spacial score (nSPS) is 21.7. The van der Waals surface area contributed by atoms with Gasteiger partial charge in [0, 0.05) is 12.7 Å². The topological polar surface area (TPSA) is 65.4 Å². The molecule has 26 heavy (non-hydrogen) atoms. The van der Waals surface area contributed by atoms with E-state index < -0.39 is 12.3 Å². The Bertz CT molecular complexity index is 800. The summed E-state index contributed by atoms with van der Waals surface area (Å²) in [6, 6.07) is 18.2. The molecule has 0 aliphatic carbocycles. The third-order valence-electron chi connectivity index (χ3n) is 4.70. The van der Waals surface area contributed by atoms with Gasteiger partial charge in [0.05, 0.1) is 12.1 Å². The number of carbonyl (C=O) groups is 1. The number of nitriles is 1. The molecule has 1 amide bonds. The molecule has 3 atom stereocenters. The molecule has 0 unspecified atom stereocenters. The van der Waals surface area contributed by atoms with Crippen LogP contribution in [0.5, 0.6) is 0 Å². The number of amides is 1. The highest BCUT2D eigenvalue weighted by Crippen LogP contribution is 2.39. The number of carbonyl (C=O) groups excluding carboxylic acids is 1. The maximum absolute atomic E-state index is 13.2. The van der Waals surface area contributed by atoms with E-state index >= 15 is 0 Å². The summed E-state index contributed by atoms with van der Waals surface area (Å²) in [7, 11) is 1.58. The zero-order chi connectivity index (χ0) is 18.5. The predicted molar refractivity (Wildman–Crippen MR) is 99.2 cm³/mol. The molecular formula is C21H23N3O2. The Balaban J connectivity index is 2.10. The standard InChI is InChI=1S/C21H23N3O2/c1-3-13-23-19-17-12-8-7-11-16(17)18(14-22)24(21(19)26-2)20(25)15-9-5-4-6-10-15/h4-12,18-19,21,23H,3,13H2,1-2H3/t18-,19-,21+/m1/s1. The van der Waals surface area contributed by atoms with Crippen molar-refractivity contribution in [2.45, 2.75) is 31.7 Å². The number of fused-ring (bicyclic) bond motifs is 1. The van der Waals surface area contributed by atoms with Gasteiger partial charge >= 0.3 is 0 Å². The van der Waals surface area contributed by atoms with Crippen LogP contribution in [0.25, 0.3) is 0 Å². The lowest BCUT2D eigenvalue weighted by Gasteiger charge is -2.44. The molecule has 2 aromatic rings. The van der Waals surface area contributed by atoms with Crippen molar-refractivity contribution in [1.82, 2.24) is 10.2 Å². The molecule has 1 heterocycles. The SMILES string of the molecule is CCCN[C@@H]1c2ccccc2[C@@H](C#N)N(C(=O)c2ccccc2)[C@H]1OC. The number of benzene rings is 2. The van der Waals surface area contributed by atoms with Crippen LogP contribution in [0.4, 0.5) is 0 Å². The van der Waals surface area contributed by atoms with Gasteiger partial charge in [-0.2, -0.15) is 5.26 Å². The summed E-state index contributed by atoms with van der Waals surface area (Å²) in [6.07, 6.45) is 0.400. The first kappa shape index (κ1) is 18.1. The average molecular weight is 349 g/mol. The summed E-state index contributed by atoms with van der Waals surface area (Å²) in [4.78, 5) is 14.8. The summed E-state index contributed by atoms with van der Waals surface area (Å²) < 4.78 is 5.74. The second-order valence-corrected chi connectivity index (χ2v) is 6.30. The maximum atomic E-state index is 13.2. The second kappa shape index (κ2) is 8.13. The summed E-state index contributed by atoms with van der Waals surface area (Å²) in [5, 5.41) is 13.3. The Morgan fingerprint density at radius 3 is 2.42 bits per heavy atom. The Hall–Kier alpha value is -2.68. The molecule has 0 radical (unpaired) electrons. The van der Waals surface area contributed by atoms with Gasteiger partial charge in [0.1, 0.15) is 6.04 Å². The van der Waals surface area contributed by atoms with E-state index in [1.807, 2.05) is 42.5 Å². The van der Waals surface area contributed by atoms with Crippen LogP contribution in [-0.2, 0) is 4.74 Å². The molecule has 3 rings (SSSR count). The fourth-order valence-electron chi connectivity index (χ4n) is 3.51. The Morgan fingerprint density at radius 2 is 1.81 bits per heavy atom. The first-order valence-electron chi connectivity index (χ1n) is 8.85. The summed E-state index contributed by atoms with van der Waals surface area (Å²) in [5.74, 6) is -0.207. The van der Waals surface area contributed by atoms with Gasteiger partial charge < -0.3 is 10.1 Å². The summed E-state index contributed by atoms with van der Waals surface area (Å²) in [5.41, 5.74) is 2.40. The van der Waals surface area contributed by atoms with E-state index in [0.717, 1.165) is 24.1 Å². The highest BCUT2D eigenvalue weighted by atomic mass is 16.5. The van der Waals surface area contributed by atoms with Gasteiger partial charge in [0.2, 0.25) is 0 Å². The van der Waals surface area contributed by atoms with Crippen LogP contribution in [-0.4, -0.2) is 30.7 Å². The molecule has 0 spiro atoms. The summed E-state index contributed by atoms with van der Waals surface area (Å²) in [6.45, 7) is 2.89. The molecule has 1 aliphatic rings. The van der Waals surface area contributed by atoms with Gasteiger partial charge in [-0.1, -0.05) is 49.4 Å². The molecule has 0 aromatic heterocycles.